The van der Waals surface area contributed by atoms with E-state index in [9.17, 15) is 4.79 Å². The zero-order valence-corrected chi connectivity index (χ0v) is 17.7. The molecule has 31 heavy (non-hydrogen) atoms. The first-order chi connectivity index (χ1) is 15.1. The van der Waals surface area contributed by atoms with Crippen molar-refractivity contribution in [3.05, 3.63) is 48.2 Å². The highest BCUT2D eigenvalue weighted by atomic mass is 16.5. The summed E-state index contributed by atoms with van der Waals surface area (Å²) in [6, 6.07) is 11.2. The summed E-state index contributed by atoms with van der Waals surface area (Å²) in [5, 5.41) is 7.91. The fourth-order valence-corrected chi connectivity index (χ4v) is 4.32. The molecule has 2 aliphatic rings. The van der Waals surface area contributed by atoms with Gasteiger partial charge in [0.15, 0.2) is 5.65 Å². The molecule has 2 aromatic heterocycles. The lowest BCUT2D eigenvalue weighted by Gasteiger charge is -2.37. The monoisotopic (exact) mass is 421 g/mol. The summed E-state index contributed by atoms with van der Waals surface area (Å²) in [6.45, 7) is 7.53. The first kappa shape index (κ1) is 20.0. The van der Waals surface area contributed by atoms with Crippen LogP contribution in [-0.4, -0.2) is 64.7 Å². The highest BCUT2D eigenvalue weighted by Crippen LogP contribution is 2.37. The molecule has 3 aromatic rings. The minimum absolute atomic E-state index is 0.122. The van der Waals surface area contributed by atoms with Crippen LogP contribution in [0.25, 0.3) is 5.65 Å². The van der Waals surface area contributed by atoms with Crippen molar-refractivity contribution in [2.75, 3.05) is 44.7 Å². The third kappa shape index (κ3) is 4.55. The molecule has 1 aromatic carbocycles. The average Bonchev–Trinajstić information content (AvgIpc) is 3.31. The molecule has 8 heteroatoms. The largest absolute Gasteiger partial charge is 0.438 e. The highest BCUT2D eigenvalue weighted by molar-refractivity contribution is 5.78. The van der Waals surface area contributed by atoms with Crippen molar-refractivity contribution < 1.29 is 14.3 Å². The molecule has 5 rings (SSSR count). The van der Waals surface area contributed by atoms with Crippen LogP contribution in [0.1, 0.15) is 18.9 Å². The number of benzene rings is 1. The Hall–Kier alpha value is -2.97. The third-order valence-corrected chi connectivity index (χ3v) is 5.94. The summed E-state index contributed by atoms with van der Waals surface area (Å²) >= 11 is 0. The number of hydrogen-bond acceptors (Lipinski definition) is 7. The molecule has 0 bridgehead atoms. The molecule has 8 nitrogen and oxygen atoms in total. The Morgan fingerprint density at radius 3 is 2.97 bits per heavy atom. The summed E-state index contributed by atoms with van der Waals surface area (Å²) in [4.78, 5) is 18.4. The molecule has 2 aliphatic heterocycles. The van der Waals surface area contributed by atoms with E-state index in [4.69, 9.17) is 9.47 Å². The molecule has 1 spiro atoms. The van der Waals surface area contributed by atoms with Crippen LogP contribution in [0.4, 0.5) is 5.82 Å². The van der Waals surface area contributed by atoms with Crippen LogP contribution in [0.15, 0.2) is 42.6 Å². The van der Waals surface area contributed by atoms with Gasteiger partial charge in [0.1, 0.15) is 17.4 Å². The van der Waals surface area contributed by atoms with Gasteiger partial charge in [0.25, 0.3) is 0 Å². The van der Waals surface area contributed by atoms with E-state index in [1.54, 1.807) is 17.5 Å². The van der Waals surface area contributed by atoms with Crippen LogP contribution in [-0.2, 0) is 16.0 Å². The number of anilines is 1. The zero-order valence-electron chi connectivity index (χ0n) is 17.7. The van der Waals surface area contributed by atoms with E-state index < -0.39 is 0 Å². The standard InChI is InChI=1S/C23H27N5O3/c1-17(29)11-18-3-2-4-19(12-18)31-22-6-5-21-25-20(13-28(21)26-22)24-8-10-27-9-7-23(14-27)15-30-16-23/h2-6,12-13,24H,7-11,14-16H2,1H3. The van der Waals surface area contributed by atoms with Crippen LogP contribution in [0.2, 0.25) is 0 Å². The number of nitrogens with zero attached hydrogens (tertiary/aromatic N) is 4. The fourth-order valence-electron chi connectivity index (χ4n) is 4.32. The number of aromatic nitrogens is 3. The minimum atomic E-state index is 0.122. The first-order valence-electron chi connectivity index (χ1n) is 10.7. The minimum Gasteiger partial charge on any atom is -0.438 e. The smallest absolute Gasteiger partial charge is 0.237 e. The Morgan fingerprint density at radius 1 is 1.29 bits per heavy atom. The van der Waals surface area contributed by atoms with Crippen LogP contribution in [0, 0.1) is 5.41 Å². The average molecular weight is 422 g/mol. The molecule has 0 radical (unpaired) electrons. The van der Waals surface area contributed by atoms with E-state index in [0.717, 1.165) is 56.4 Å². The molecule has 162 valence electrons. The summed E-state index contributed by atoms with van der Waals surface area (Å²) < 4.78 is 13.0. The topological polar surface area (TPSA) is 81.0 Å². The summed E-state index contributed by atoms with van der Waals surface area (Å²) in [5.74, 6) is 2.05. The summed E-state index contributed by atoms with van der Waals surface area (Å²) in [6.07, 6.45) is 3.51. The second-order valence-electron chi connectivity index (χ2n) is 8.67. The summed E-state index contributed by atoms with van der Waals surface area (Å²) in [7, 11) is 0. The van der Waals surface area contributed by atoms with Crippen molar-refractivity contribution in [2.24, 2.45) is 5.41 Å². The van der Waals surface area contributed by atoms with E-state index in [1.807, 2.05) is 36.5 Å². The van der Waals surface area contributed by atoms with Crippen molar-refractivity contribution in [2.45, 2.75) is 19.8 Å². The molecule has 2 saturated heterocycles. The maximum absolute atomic E-state index is 11.3. The molecular formula is C23H27N5O3. The lowest BCUT2D eigenvalue weighted by Crippen LogP contribution is -2.45. The predicted molar refractivity (Wildman–Crippen MR) is 117 cm³/mol. The normalized spacial score (nSPS) is 17.7. The number of Topliss-reactive ketones (excluding diaryl/α,β-unsaturated/α-hetero) is 1. The molecule has 0 unspecified atom stereocenters. The van der Waals surface area contributed by atoms with Crippen LogP contribution >= 0.6 is 0 Å². The number of carbonyl (C=O) groups is 1. The lowest BCUT2D eigenvalue weighted by atomic mass is 9.85. The van der Waals surface area contributed by atoms with Crippen molar-refractivity contribution in [1.29, 1.82) is 0 Å². The Balaban J connectivity index is 1.18. The van der Waals surface area contributed by atoms with Crippen molar-refractivity contribution in [1.82, 2.24) is 19.5 Å². The molecule has 0 aliphatic carbocycles. The number of imidazole rings is 1. The number of nitrogens with one attached hydrogen (secondary N) is 1. The van der Waals surface area contributed by atoms with E-state index in [-0.39, 0.29) is 5.78 Å². The van der Waals surface area contributed by atoms with Gasteiger partial charge in [0.2, 0.25) is 5.88 Å². The van der Waals surface area contributed by atoms with Crippen molar-refractivity contribution in [3.8, 4) is 11.6 Å². The van der Waals surface area contributed by atoms with Gasteiger partial charge in [-0.1, -0.05) is 12.1 Å². The predicted octanol–water partition coefficient (Wildman–Crippen LogP) is 2.79. The van der Waals surface area contributed by atoms with Gasteiger partial charge in [-0.05, 0) is 43.7 Å². The number of rotatable bonds is 8. The van der Waals surface area contributed by atoms with Crippen LogP contribution in [0.3, 0.4) is 0 Å². The van der Waals surface area contributed by atoms with E-state index in [2.05, 4.69) is 20.3 Å². The molecule has 2 fully saturated rings. The third-order valence-electron chi connectivity index (χ3n) is 5.94. The Bertz CT molecular complexity index is 1090. The number of hydrogen-bond donors (Lipinski definition) is 1. The Kier molecular flexibility index (Phi) is 5.33. The van der Waals surface area contributed by atoms with E-state index >= 15 is 0 Å². The number of ether oxygens (including phenoxy) is 2. The molecule has 1 N–H and O–H groups in total. The fraction of sp³-hybridized carbons (Fsp3) is 0.435. The Morgan fingerprint density at radius 2 is 2.19 bits per heavy atom. The van der Waals surface area contributed by atoms with E-state index in [0.29, 0.717) is 23.5 Å². The molecule has 0 amide bonds. The zero-order chi connectivity index (χ0) is 21.3. The van der Waals surface area contributed by atoms with Gasteiger partial charge in [-0.15, -0.1) is 5.10 Å². The number of fused-ring (bicyclic) bond motifs is 1. The van der Waals surface area contributed by atoms with Crippen molar-refractivity contribution in [3.63, 3.8) is 0 Å². The first-order valence-corrected chi connectivity index (χ1v) is 10.7. The van der Waals surface area contributed by atoms with Gasteiger partial charge in [0, 0.05) is 37.5 Å². The van der Waals surface area contributed by atoms with Gasteiger partial charge >= 0.3 is 0 Å². The second kappa shape index (κ2) is 8.28. The van der Waals surface area contributed by atoms with Crippen LogP contribution in [0.5, 0.6) is 11.6 Å². The van der Waals surface area contributed by atoms with E-state index in [1.165, 1.54) is 6.42 Å². The highest BCUT2D eigenvalue weighted by Gasteiger charge is 2.43. The van der Waals surface area contributed by atoms with Gasteiger partial charge < -0.3 is 19.7 Å². The maximum atomic E-state index is 11.3. The van der Waals surface area contributed by atoms with Gasteiger partial charge in [-0.3, -0.25) is 4.79 Å². The molecule has 0 atom stereocenters. The van der Waals surface area contributed by atoms with Gasteiger partial charge in [0.05, 0.1) is 19.4 Å². The molecule has 0 saturated carbocycles. The molecular weight excluding hydrogens is 394 g/mol. The van der Waals surface area contributed by atoms with Gasteiger partial charge in [-0.25, -0.2) is 9.50 Å². The summed E-state index contributed by atoms with van der Waals surface area (Å²) in [5.41, 5.74) is 2.11. The molecule has 4 heterocycles. The lowest BCUT2D eigenvalue weighted by molar-refractivity contribution is -0.116. The maximum Gasteiger partial charge on any atom is 0.237 e. The van der Waals surface area contributed by atoms with Crippen LogP contribution < -0.4 is 10.1 Å². The number of ketones is 1. The Labute approximate surface area is 181 Å². The van der Waals surface area contributed by atoms with Gasteiger partial charge in [-0.2, -0.15) is 0 Å². The number of likely N-dealkylation sites (tertiary alicyclic amines) is 1. The second-order valence-corrected chi connectivity index (χ2v) is 8.67. The quantitative estimate of drug-likeness (QED) is 0.599. The number of carbonyl (C=O) groups excluding carboxylic acids is 1. The van der Waals surface area contributed by atoms with Crippen molar-refractivity contribution >= 4 is 17.2 Å². The SMILES string of the molecule is CC(=O)Cc1cccc(Oc2ccc3nc(NCCN4CCC5(COC5)C4)cn3n2)c1.